The Hall–Kier alpha value is -4.59. The van der Waals surface area contributed by atoms with E-state index >= 15 is 0 Å². The number of para-hydroxylation sites is 1. The van der Waals surface area contributed by atoms with Gasteiger partial charge in [0.2, 0.25) is 5.91 Å². The molecular weight excluding hydrogens is 480 g/mol. The fourth-order valence-corrected chi connectivity index (χ4v) is 4.77. The lowest BCUT2D eigenvalue weighted by Gasteiger charge is -2.43. The lowest BCUT2D eigenvalue weighted by molar-refractivity contribution is -0.133. The molecule has 1 aliphatic heterocycles. The topological polar surface area (TPSA) is 85.7 Å². The lowest BCUT2D eigenvalue weighted by atomic mass is 9.94. The molecule has 0 spiro atoms. The van der Waals surface area contributed by atoms with E-state index in [0.717, 1.165) is 22.4 Å². The van der Waals surface area contributed by atoms with E-state index in [0.29, 0.717) is 17.1 Å². The van der Waals surface area contributed by atoms with Crippen LogP contribution in [-0.2, 0) is 24.4 Å². The van der Waals surface area contributed by atoms with Gasteiger partial charge in [0.1, 0.15) is 22.7 Å². The van der Waals surface area contributed by atoms with Crippen molar-refractivity contribution in [3.63, 3.8) is 0 Å². The van der Waals surface area contributed by atoms with Gasteiger partial charge in [-0.05, 0) is 36.8 Å². The summed E-state index contributed by atoms with van der Waals surface area (Å²) >= 11 is 0. The van der Waals surface area contributed by atoms with Gasteiger partial charge in [-0.3, -0.25) is 14.3 Å². The SMILES string of the molecule is COc1ccc(CN2C(=O)c3cc(-c4ccccc4)nn3C[C@]2(C)C(=O)NCc2ccccc2OC)cc1. The molecule has 8 nitrogen and oxygen atoms in total. The van der Waals surface area contributed by atoms with E-state index in [-0.39, 0.29) is 31.4 Å². The molecule has 0 bridgehead atoms. The average Bonchev–Trinajstić information content (AvgIpc) is 3.39. The Balaban J connectivity index is 1.48. The van der Waals surface area contributed by atoms with Crippen molar-refractivity contribution in [2.45, 2.75) is 32.1 Å². The molecule has 0 aliphatic carbocycles. The number of ether oxygens (including phenoxy) is 2. The number of amides is 2. The van der Waals surface area contributed by atoms with Crippen LogP contribution in [0.3, 0.4) is 0 Å². The molecule has 194 valence electrons. The molecule has 1 aliphatic rings. The number of hydrogen-bond acceptors (Lipinski definition) is 5. The van der Waals surface area contributed by atoms with Crippen molar-refractivity contribution in [1.29, 1.82) is 0 Å². The summed E-state index contributed by atoms with van der Waals surface area (Å²) in [6.07, 6.45) is 0. The standard InChI is InChI=1S/C30H30N4O4/c1-30(29(36)31-18-23-11-7-8-12-27(23)38-3)20-34-26(17-25(32-34)22-9-5-4-6-10-22)28(35)33(30)19-21-13-15-24(37-2)16-14-21/h4-17H,18-20H2,1-3H3,(H,31,36)/t30-/m1/s1. The van der Waals surface area contributed by atoms with Gasteiger partial charge in [0.25, 0.3) is 5.91 Å². The van der Waals surface area contributed by atoms with Crippen molar-refractivity contribution in [1.82, 2.24) is 20.0 Å². The van der Waals surface area contributed by atoms with E-state index in [9.17, 15) is 9.59 Å². The van der Waals surface area contributed by atoms with Crippen LogP contribution in [0, 0.1) is 0 Å². The Morgan fingerprint density at radius 2 is 1.68 bits per heavy atom. The van der Waals surface area contributed by atoms with Gasteiger partial charge in [0, 0.05) is 24.2 Å². The molecule has 0 radical (unpaired) electrons. The Labute approximate surface area is 221 Å². The summed E-state index contributed by atoms with van der Waals surface area (Å²) in [7, 11) is 3.21. The maximum atomic E-state index is 13.9. The van der Waals surface area contributed by atoms with Crippen LogP contribution < -0.4 is 14.8 Å². The second kappa shape index (κ2) is 10.4. The molecule has 3 aromatic carbocycles. The zero-order chi connectivity index (χ0) is 26.7. The second-order valence-corrected chi connectivity index (χ2v) is 9.45. The molecule has 8 heteroatoms. The summed E-state index contributed by atoms with van der Waals surface area (Å²) in [6.45, 7) is 2.53. The summed E-state index contributed by atoms with van der Waals surface area (Å²) in [5.41, 5.74) is 2.60. The Morgan fingerprint density at radius 1 is 0.974 bits per heavy atom. The highest BCUT2D eigenvalue weighted by atomic mass is 16.5. The summed E-state index contributed by atoms with van der Waals surface area (Å²) in [4.78, 5) is 29.4. The molecule has 0 saturated carbocycles. The molecule has 1 aromatic heterocycles. The van der Waals surface area contributed by atoms with Crippen LogP contribution in [0.5, 0.6) is 11.5 Å². The quantitative estimate of drug-likeness (QED) is 0.382. The normalized spacial score (nSPS) is 16.6. The number of rotatable bonds is 8. The summed E-state index contributed by atoms with van der Waals surface area (Å²) in [6, 6.07) is 26.5. The number of nitrogens with zero attached hydrogens (tertiary/aromatic N) is 3. The summed E-state index contributed by atoms with van der Waals surface area (Å²) in [5.74, 6) is 0.889. The monoisotopic (exact) mass is 510 g/mol. The molecule has 2 amide bonds. The molecule has 2 heterocycles. The van der Waals surface area contributed by atoms with E-state index in [4.69, 9.17) is 14.6 Å². The van der Waals surface area contributed by atoms with E-state index in [1.807, 2.05) is 78.9 Å². The molecule has 1 N–H and O–H groups in total. The van der Waals surface area contributed by atoms with Crippen molar-refractivity contribution < 1.29 is 19.1 Å². The van der Waals surface area contributed by atoms with E-state index in [1.165, 1.54) is 0 Å². The predicted octanol–water partition coefficient (Wildman–Crippen LogP) is 4.30. The van der Waals surface area contributed by atoms with E-state index in [1.54, 1.807) is 36.8 Å². The lowest BCUT2D eigenvalue weighted by Crippen LogP contribution is -2.63. The molecule has 4 aromatic rings. The third kappa shape index (κ3) is 4.72. The molecule has 1 atom stereocenters. The molecule has 38 heavy (non-hydrogen) atoms. The number of nitrogens with one attached hydrogen (secondary N) is 1. The van der Waals surface area contributed by atoms with Crippen LogP contribution in [0.2, 0.25) is 0 Å². The van der Waals surface area contributed by atoms with Crippen molar-refractivity contribution in [3.8, 4) is 22.8 Å². The van der Waals surface area contributed by atoms with Gasteiger partial charge < -0.3 is 19.7 Å². The van der Waals surface area contributed by atoms with Gasteiger partial charge in [-0.1, -0.05) is 60.7 Å². The first-order chi connectivity index (χ1) is 18.4. The fourth-order valence-electron chi connectivity index (χ4n) is 4.77. The highest BCUT2D eigenvalue weighted by Gasteiger charge is 2.48. The van der Waals surface area contributed by atoms with Crippen LogP contribution in [0.25, 0.3) is 11.3 Å². The first kappa shape index (κ1) is 25.1. The van der Waals surface area contributed by atoms with Gasteiger partial charge in [0.15, 0.2) is 0 Å². The minimum atomic E-state index is -1.19. The van der Waals surface area contributed by atoms with E-state index < -0.39 is 5.54 Å². The van der Waals surface area contributed by atoms with Crippen molar-refractivity contribution in [2.75, 3.05) is 14.2 Å². The van der Waals surface area contributed by atoms with E-state index in [2.05, 4.69) is 5.32 Å². The Bertz CT molecular complexity index is 1450. The zero-order valence-corrected chi connectivity index (χ0v) is 21.7. The van der Waals surface area contributed by atoms with Crippen LogP contribution >= 0.6 is 0 Å². The first-order valence-electron chi connectivity index (χ1n) is 12.4. The minimum Gasteiger partial charge on any atom is -0.497 e. The number of fused-ring (bicyclic) bond motifs is 1. The molecule has 0 unspecified atom stereocenters. The van der Waals surface area contributed by atoms with Gasteiger partial charge >= 0.3 is 0 Å². The number of benzene rings is 3. The number of carbonyl (C=O) groups excluding carboxylic acids is 2. The minimum absolute atomic E-state index is 0.217. The maximum Gasteiger partial charge on any atom is 0.273 e. The van der Waals surface area contributed by atoms with Crippen molar-refractivity contribution in [3.05, 3.63) is 102 Å². The smallest absolute Gasteiger partial charge is 0.273 e. The summed E-state index contributed by atoms with van der Waals surface area (Å²) < 4.78 is 12.4. The van der Waals surface area contributed by atoms with Gasteiger partial charge in [-0.15, -0.1) is 0 Å². The number of hydrogen-bond donors (Lipinski definition) is 1. The predicted molar refractivity (Wildman–Crippen MR) is 144 cm³/mol. The van der Waals surface area contributed by atoms with Crippen molar-refractivity contribution >= 4 is 11.8 Å². The van der Waals surface area contributed by atoms with Crippen LogP contribution in [-0.4, -0.2) is 46.3 Å². The number of carbonyl (C=O) groups is 2. The number of methoxy groups -OCH3 is 2. The number of aromatic nitrogens is 2. The third-order valence-electron chi connectivity index (χ3n) is 6.99. The van der Waals surface area contributed by atoms with Crippen molar-refractivity contribution in [2.24, 2.45) is 0 Å². The largest absolute Gasteiger partial charge is 0.497 e. The Kier molecular flexibility index (Phi) is 6.87. The highest BCUT2D eigenvalue weighted by Crippen LogP contribution is 2.32. The third-order valence-corrected chi connectivity index (χ3v) is 6.99. The molecule has 0 saturated heterocycles. The molecular formula is C30H30N4O4. The second-order valence-electron chi connectivity index (χ2n) is 9.45. The van der Waals surface area contributed by atoms with Gasteiger partial charge in [-0.2, -0.15) is 5.10 Å². The maximum absolute atomic E-state index is 13.9. The van der Waals surface area contributed by atoms with Crippen LogP contribution in [0.4, 0.5) is 0 Å². The van der Waals surface area contributed by atoms with Crippen LogP contribution in [0.15, 0.2) is 84.9 Å². The first-order valence-corrected chi connectivity index (χ1v) is 12.4. The Morgan fingerprint density at radius 3 is 2.39 bits per heavy atom. The van der Waals surface area contributed by atoms with Gasteiger partial charge in [-0.25, -0.2) is 0 Å². The zero-order valence-electron chi connectivity index (χ0n) is 21.7. The van der Waals surface area contributed by atoms with Gasteiger partial charge in [0.05, 0.1) is 26.5 Å². The highest BCUT2D eigenvalue weighted by molar-refractivity contribution is 6.00. The van der Waals surface area contributed by atoms with Crippen LogP contribution in [0.1, 0.15) is 28.5 Å². The molecule has 0 fully saturated rings. The summed E-state index contributed by atoms with van der Waals surface area (Å²) in [5, 5.41) is 7.75. The molecule has 5 rings (SSSR count). The fraction of sp³-hybridized carbons (Fsp3) is 0.233. The average molecular weight is 511 g/mol.